The highest BCUT2D eigenvalue weighted by molar-refractivity contribution is 7.89. The Bertz CT molecular complexity index is 694. The SMILES string of the molecule is COC(=O)C1CCCN1S(=O)(=O)c1ccccc1N=C=O. The molecule has 0 aromatic heterocycles. The van der Waals surface area contributed by atoms with Gasteiger partial charge < -0.3 is 4.74 Å². The zero-order valence-corrected chi connectivity index (χ0v) is 12.2. The van der Waals surface area contributed by atoms with Crippen molar-refractivity contribution in [2.45, 2.75) is 23.8 Å². The predicted octanol–water partition coefficient (Wildman–Crippen LogP) is 0.980. The number of methoxy groups -OCH3 is 1. The fraction of sp³-hybridized carbons (Fsp3) is 0.385. The second kappa shape index (κ2) is 6.17. The number of carbonyl (C=O) groups excluding carboxylic acids is 2. The topological polar surface area (TPSA) is 93.1 Å². The molecular formula is C13H14N2O5S. The lowest BCUT2D eigenvalue weighted by Crippen LogP contribution is -2.41. The molecule has 0 spiro atoms. The molecule has 1 atom stereocenters. The normalized spacial score (nSPS) is 19.0. The third-order valence-corrected chi connectivity index (χ3v) is 5.25. The van der Waals surface area contributed by atoms with Crippen LogP contribution in [0.4, 0.5) is 5.69 Å². The van der Waals surface area contributed by atoms with E-state index in [-0.39, 0.29) is 17.1 Å². The van der Waals surface area contributed by atoms with Crippen LogP contribution in [0.5, 0.6) is 0 Å². The molecule has 1 unspecified atom stereocenters. The molecule has 112 valence electrons. The second-order valence-electron chi connectivity index (χ2n) is 4.47. The van der Waals surface area contributed by atoms with Crippen LogP contribution in [0.15, 0.2) is 34.2 Å². The van der Waals surface area contributed by atoms with Gasteiger partial charge in [-0.1, -0.05) is 12.1 Å². The van der Waals surface area contributed by atoms with Crippen LogP contribution in [0, 0.1) is 0 Å². The van der Waals surface area contributed by atoms with E-state index in [2.05, 4.69) is 9.73 Å². The molecule has 0 N–H and O–H groups in total. The number of hydrogen-bond acceptors (Lipinski definition) is 6. The number of carbonyl (C=O) groups is 1. The minimum absolute atomic E-state index is 0.00279. The number of hydrogen-bond donors (Lipinski definition) is 0. The number of rotatable bonds is 4. The van der Waals surface area contributed by atoms with Crippen LogP contribution in [0.3, 0.4) is 0 Å². The number of para-hydroxylation sites is 1. The van der Waals surface area contributed by atoms with E-state index in [1.165, 1.54) is 31.4 Å². The van der Waals surface area contributed by atoms with Crippen molar-refractivity contribution in [3.8, 4) is 0 Å². The molecule has 2 rings (SSSR count). The minimum Gasteiger partial charge on any atom is -0.468 e. The van der Waals surface area contributed by atoms with E-state index in [0.717, 1.165) is 4.31 Å². The van der Waals surface area contributed by atoms with Crippen molar-refractivity contribution in [3.05, 3.63) is 24.3 Å². The molecule has 1 aromatic carbocycles. The first-order valence-corrected chi connectivity index (χ1v) is 7.73. The molecule has 1 aromatic rings. The molecule has 1 fully saturated rings. The minimum atomic E-state index is -3.94. The van der Waals surface area contributed by atoms with Crippen molar-refractivity contribution >= 4 is 27.8 Å². The number of sulfonamides is 1. The van der Waals surface area contributed by atoms with E-state index in [0.29, 0.717) is 12.8 Å². The lowest BCUT2D eigenvalue weighted by Gasteiger charge is -2.22. The molecule has 1 heterocycles. The Morgan fingerprint density at radius 3 is 2.81 bits per heavy atom. The molecule has 0 amide bonds. The lowest BCUT2D eigenvalue weighted by atomic mass is 10.2. The summed E-state index contributed by atoms with van der Waals surface area (Å²) in [5.74, 6) is -0.590. The quantitative estimate of drug-likeness (QED) is 0.469. The van der Waals surface area contributed by atoms with E-state index in [1.807, 2.05) is 0 Å². The van der Waals surface area contributed by atoms with Crippen LogP contribution < -0.4 is 0 Å². The van der Waals surface area contributed by atoms with E-state index in [1.54, 1.807) is 6.07 Å². The first-order chi connectivity index (χ1) is 10.0. The van der Waals surface area contributed by atoms with Crippen LogP contribution in [0.25, 0.3) is 0 Å². The Morgan fingerprint density at radius 2 is 2.14 bits per heavy atom. The van der Waals surface area contributed by atoms with Crippen LogP contribution in [0.2, 0.25) is 0 Å². The summed E-state index contributed by atoms with van der Waals surface area (Å²) in [6, 6.07) is 5.00. The highest BCUT2D eigenvalue weighted by Crippen LogP contribution is 2.31. The predicted molar refractivity (Wildman–Crippen MR) is 73.2 cm³/mol. The largest absolute Gasteiger partial charge is 0.468 e. The standard InChI is InChI=1S/C13H14N2O5S/c1-20-13(17)11-6-4-8-15(11)21(18,19)12-7-3-2-5-10(12)14-9-16/h2-3,5,7,11H,4,6,8H2,1H3. The Labute approximate surface area is 122 Å². The van der Waals surface area contributed by atoms with Crippen molar-refractivity contribution in [1.82, 2.24) is 4.31 Å². The van der Waals surface area contributed by atoms with Gasteiger partial charge in [-0.25, -0.2) is 13.2 Å². The Balaban J connectivity index is 2.47. The molecule has 8 heteroatoms. The summed E-state index contributed by atoms with van der Waals surface area (Å²) >= 11 is 0. The maximum atomic E-state index is 12.7. The van der Waals surface area contributed by atoms with Gasteiger partial charge in [-0.15, -0.1) is 0 Å². The molecule has 1 aliphatic rings. The van der Waals surface area contributed by atoms with E-state index in [4.69, 9.17) is 0 Å². The average Bonchev–Trinajstić information content (AvgIpc) is 2.97. The first-order valence-electron chi connectivity index (χ1n) is 6.29. The molecular weight excluding hydrogens is 296 g/mol. The van der Waals surface area contributed by atoms with Crippen LogP contribution in [0.1, 0.15) is 12.8 Å². The number of isocyanates is 1. The van der Waals surface area contributed by atoms with Gasteiger partial charge in [-0.05, 0) is 25.0 Å². The number of benzene rings is 1. The van der Waals surface area contributed by atoms with Crippen LogP contribution >= 0.6 is 0 Å². The summed E-state index contributed by atoms with van der Waals surface area (Å²) in [6.45, 7) is 0.223. The van der Waals surface area contributed by atoms with Crippen molar-refractivity contribution in [3.63, 3.8) is 0 Å². The van der Waals surface area contributed by atoms with Gasteiger partial charge in [0.05, 0.1) is 12.8 Å². The molecule has 7 nitrogen and oxygen atoms in total. The van der Waals surface area contributed by atoms with Crippen molar-refractivity contribution in [2.24, 2.45) is 4.99 Å². The van der Waals surface area contributed by atoms with Gasteiger partial charge in [0.15, 0.2) is 0 Å². The lowest BCUT2D eigenvalue weighted by molar-refractivity contribution is -0.144. The van der Waals surface area contributed by atoms with Crippen LogP contribution in [-0.2, 0) is 24.3 Å². The molecule has 0 bridgehead atoms. The maximum Gasteiger partial charge on any atom is 0.324 e. The van der Waals surface area contributed by atoms with Gasteiger partial charge in [0.1, 0.15) is 10.9 Å². The molecule has 1 aliphatic heterocycles. The highest BCUT2D eigenvalue weighted by atomic mass is 32.2. The Kier molecular flexibility index (Phi) is 4.52. The Morgan fingerprint density at radius 1 is 1.43 bits per heavy atom. The van der Waals surface area contributed by atoms with Crippen LogP contribution in [-0.4, -0.2) is 44.5 Å². The molecule has 0 saturated carbocycles. The van der Waals surface area contributed by atoms with Gasteiger partial charge in [0, 0.05) is 6.54 Å². The average molecular weight is 310 g/mol. The first kappa shape index (κ1) is 15.4. The van der Waals surface area contributed by atoms with E-state index < -0.39 is 22.0 Å². The summed E-state index contributed by atoms with van der Waals surface area (Å²) < 4.78 is 31.1. The smallest absolute Gasteiger partial charge is 0.324 e. The van der Waals surface area contributed by atoms with Gasteiger partial charge in [0.25, 0.3) is 0 Å². The van der Waals surface area contributed by atoms with E-state index >= 15 is 0 Å². The van der Waals surface area contributed by atoms with Crippen molar-refractivity contribution in [1.29, 1.82) is 0 Å². The zero-order valence-electron chi connectivity index (χ0n) is 11.4. The summed E-state index contributed by atoms with van der Waals surface area (Å²) in [5.41, 5.74) is 0.00279. The van der Waals surface area contributed by atoms with Gasteiger partial charge in [-0.2, -0.15) is 9.30 Å². The summed E-state index contributed by atoms with van der Waals surface area (Å²) in [6.07, 6.45) is 2.31. The summed E-state index contributed by atoms with van der Waals surface area (Å²) in [4.78, 5) is 25.4. The molecule has 0 radical (unpaired) electrons. The summed E-state index contributed by atoms with van der Waals surface area (Å²) in [7, 11) is -2.72. The molecule has 0 aliphatic carbocycles. The monoisotopic (exact) mass is 310 g/mol. The number of aliphatic imine (C=N–C) groups is 1. The molecule has 21 heavy (non-hydrogen) atoms. The van der Waals surface area contributed by atoms with Crippen molar-refractivity contribution < 1.29 is 22.7 Å². The second-order valence-corrected chi connectivity index (χ2v) is 6.33. The third kappa shape index (κ3) is 2.87. The number of ether oxygens (including phenoxy) is 1. The zero-order chi connectivity index (χ0) is 15.5. The third-order valence-electron chi connectivity index (χ3n) is 3.29. The summed E-state index contributed by atoms with van der Waals surface area (Å²) in [5, 5.41) is 0. The fourth-order valence-electron chi connectivity index (χ4n) is 2.34. The Hall–Kier alpha value is -2.02. The maximum absolute atomic E-state index is 12.7. The molecule has 1 saturated heterocycles. The number of esters is 1. The van der Waals surface area contributed by atoms with Gasteiger partial charge in [0.2, 0.25) is 16.1 Å². The van der Waals surface area contributed by atoms with Crippen molar-refractivity contribution in [2.75, 3.05) is 13.7 Å². The number of nitrogens with zero attached hydrogens (tertiary/aromatic N) is 2. The fourth-order valence-corrected chi connectivity index (χ4v) is 4.12. The van der Waals surface area contributed by atoms with Gasteiger partial charge >= 0.3 is 5.97 Å². The van der Waals surface area contributed by atoms with E-state index in [9.17, 15) is 18.0 Å². The highest BCUT2D eigenvalue weighted by Gasteiger charge is 2.40. The van der Waals surface area contributed by atoms with Gasteiger partial charge in [-0.3, -0.25) is 4.79 Å².